The van der Waals surface area contributed by atoms with Gasteiger partial charge in [-0.3, -0.25) is 15.1 Å². The van der Waals surface area contributed by atoms with Gasteiger partial charge in [0.25, 0.3) is 0 Å². The van der Waals surface area contributed by atoms with Crippen molar-refractivity contribution in [2.24, 2.45) is 4.99 Å². The molecule has 0 N–H and O–H groups in total. The molecule has 0 radical (unpaired) electrons. The third-order valence-electron chi connectivity index (χ3n) is 4.66. The van der Waals surface area contributed by atoms with Gasteiger partial charge in [0.15, 0.2) is 11.5 Å². The Morgan fingerprint density at radius 3 is 2.42 bits per heavy atom. The molecule has 0 saturated heterocycles. The van der Waals surface area contributed by atoms with Crippen LogP contribution in [0.3, 0.4) is 0 Å². The van der Waals surface area contributed by atoms with Gasteiger partial charge in [-0.15, -0.1) is 0 Å². The molecule has 0 amide bonds. The van der Waals surface area contributed by atoms with Gasteiger partial charge in [0.05, 0.1) is 28.3 Å². The summed E-state index contributed by atoms with van der Waals surface area (Å²) in [6, 6.07) is 10.9. The second-order valence-corrected chi connectivity index (χ2v) is 7.53. The highest BCUT2D eigenvalue weighted by molar-refractivity contribution is 6.32. The summed E-state index contributed by atoms with van der Waals surface area (Å²) in [7, 11) is 1.34. The molecule has 0 atom stereocenters. The van der Waals surface area contributed by atoms with Crippen LogP contribution in [-0.4, -0.2) is 18.2 Å². The number of benzene rings is 3. The van der Waals surface area contributed by atoms with E-state index >= 15 is 0 Å². The number of aryl methyl sites for hydroxylation is 2. The maximum Gasteiger partial charge on any atom is 0.416 e. The highest BCUT2D eigenvalue weighted by atomic mass is 35.5. The molecule has 6 nitrogen and oxygen atoms in total. The average molecular weight is 479 g/mol. The highest BCUT2D eigenvalue weighted by Crippen LogP contribution is 2.43. The van der Waals surface area contributed by atoms with Crippen molar-refractivity contribution in [2.75, 3.05) is 7.11 Å². The molecule has 0 unspecified atom stereocenters. The molecule has 0 aliphatic carbocycles. The molecule has 0 heterocycles. The largest absolute Gasteiger partial charge is 0.493 e. The first-order valence-corrected chi connectivity index (χ1v) is 9.89. The smallest absolute Gasteiger partial charge is 0.416 e. The van der Waals surface area contributed by atoms with Gasteiger partial charge in [-0.1, -0.05) is 23.7 Å². The number of rotatable bonds is 6. The fourth-order valence-electron chi connectivity index (χ4n) is 2.95. The predicted molar refractivity (Wildman–Crippen MR) is 119 cm³/mol. The van der Waals surface area contributed by atoms with Crippen LogP contribution in [0.2, 0.25) is 5.02 Å². The number of methoxy groups -OCH3 is 1. The first-order chi connectivity index (χ1) is 15.5. The number of aliphatic imine (C=N–C) groups is 1. The minimum atomic E-state index is -4.74. The van der Waals surface area contributed by atoms with Crippen LogP contribution in [0, 0.1) is 24.0 Å². The predicted octanol–water partition coefficient (Wildman–Crippen LogP) is 7.44. The summed E-state index contributed by atoms with van der Waals surface area (Å²) >= 11 is 6.32. The van der Waals surface area contributed by atoms with Gasteiger partial charge in [0.1, 0.15) is 0 Å². The fourth-order valence-corrected chi connectivity index (χ4v) is 3.21. The van der Waals surface area contributed by atoms with Crippen LogP contribution < -0.4 is 9.47 Å². The summed E-state index contributed by atoms with van der Waals surface area (Å²) in [5, 5.41) is 11.4. The first kappa shape index (κ1) is 24.1. The van der Waals surface area contributed by atoms with E-state index in [0.29, 0.717) is 17.7 Å². The Kier molecular flexibility index (Phi) is 6.92. The van der Waals surface area contributed by atoms with Gasteiger partial charge in [-0.05, 0) is 60.9 Å². The molecule has 33 heavy (non-hydrogen) atoms. The van der Waals surface area contributed by atoms with E-state index in [1.165, 1.54) is 13.2 Å². The van der Waals surface area contributed by atoms with E-state index in [4.69, 9.17) is 21.1 Å². The zero-order valence-corrected chi connectivity index (χ0v) is 18.5. The summed E-state index contributed by atoms with van der Waals surface area (Å²) in [5.41, 5.74) is 1.33. The molecular formula is C23H18ClF3N2O4. The van der Waals surface area contributed by atoms with Crippen LogP contribution in [0.5, 0.6) is 17.2 Å². The van der Waals surface area contributed by atoms with Crippen molar-refractivity contribution in [3.63, 3.8) is 0 Å². The van der Waals surface area contributed by atoms with E-state index in [9.17, 15) is 23.3 Å². The Balaban J connectivity index is 1.98. The molecule has 172 valence electrons. The minimum Gasteiger partial charge on any atom is -0.493 e. The Morgan fingerprint density at radius 2 is 1.79 bits per heavy atom. The molecule has 0 bridgehead atoms. The molecule has 0 fully saturated rings. The number of nitro groups is 1. The monoisotopic (exact) mass is 478 g/mol. The van der Waals surface area contributed by atoms with Crippen LogP contribution in [0.25, 0.3) is 0 Å². The summed E-state index contributed by atoms with van der Waals surface area (Å²) in [4.78, 5) is 14.8. The van der Waals surface area contributed by atoms with Crippen molar-refractivity contribution >= 4 is 29.2 Å². The second-order valence-electron chi connectivity index (χ2n) is 7.12. The SMILES string of the molecule is COc1cc(C=Nc2cc(C)ccc2C)cc(Cl)c1Oc1ccc(C(F)(F)F)cc1[N+](=O)[O-]. The average Bonchev–Trinajstić information content (AvgIpc) is 2.75. The molecule has 3 aromatic rings. The van der Waals surface area contributed by atoms with Crippen LogP contribution in [0.4, 0.5) is 24.5 Å². The number of nitrogens with zero attached hydrogens (tertiary/aromatic N) is 2. The van der Waals surface area contributed by atoms with E-state index in [0.717, 1.165) is 22.9 Å². The maximum atomic E-state index is 12.9. The lowest BCUT2D eigenvalue weighted by atomic mass is 10.1. The molecule has 0 aromatic heterocycles. The third-order valence-corrected chi connectivity index (χ3v) is 4.94. The second kappa shape index (κ2) is 9.50. The lowest BCUT2D eigenvalue weighted by Crippen LogP contribution is -2.06. The van der Waals surface area contributed by atoms with Gasteiger partial charge >= 0.3 is 11.9 Å². The lowest BCUT2D eigenvalue weighted by molar-refractivity contribution is -0.385. The van der Waals surface area contributed by atoms with E-state index < -0.39 is 28.1 Å². The summed E-state index contributed by atoms with van der Waals surface area (Å²) in [6.07, 6.45) is -3.17. The molecular weight excluding hydrogens is 461 g/mol. The standard InChI is InChI=1S/C23H18ClF3N2O4/c1-13-4-5-14(2)18(8-13)28-12-15-9-17(24)22(21(10-15)32-3)33-20-7-6-16(23(25,26)27)11-19(20)29(30)31/h4-12H,1-3H3. The van der Waals surface area contributed by atoms with Gasteiger partial charge in [0.2, 0.25) is 5.75 Å². The van der Waals surface area contributed by atoms with E-state index in [2.05, 4.69) is 4.99 Å². The third kappa shape index (κ3) is 5.61. The summed E-state index contributed by atoms with van der Waals surface area (Å²) in [6.45, 7) is 3.87. The molecule has 10 heteroatoms. The Morgan fingerprint density at radius 1 is 1.06 bits per heavy atom. The number of hydrogen-bond acceptors (Lipinski definition) is 5. The number of nitro benzene ring substituents is 1. The van der Waals surface area contributed by atoms with Crippen molar-refractivity contribution < 1.29 is 27.6 Å². The topological polar surface area (TPSA) is 74.0 Å². The quantitative estimate of drug-likeness (QED) is 0.210. The maximum absolute atomic E-state index is 12.9. The van der Waals surface area contributed by atoms with Crippen molar-refractivity contribution in [1.29, 1.82) is 0 Å². The molecule has 3 aromatic carbocycles. The van der Waals surface area contributed by atoms with Crippen molar-refractivity contribution in [3.8, 4) is 17.2 Å². The fraction of sp³-hybridized carbons (Fsp3) is 0.174. The Bertz CT molecular complexity index is 1240. The van der Waals surface area contributed by atoms with Crippen molar-refractivity contribution in [1.82, 2.24) is 0 Å². The van der Waals surface area contributed by atoms with Gasteiger partial charge in [-0.2, -0.15) is 13.2 Å². The van der Waals surface area contributed by atoms with Gasteiger partial charge < -0.3 is 9.47 Å². The first-order valence-electron chi connectivity index (χ1n) is 9.52. The van der Waals surface area contributed by atoms with Crippen LogP contribution in [0.1, 0.15) is 22.3 Å². The number of alkyl halides is 3. The minimum absolute atomic E-state index is 0.0333. The zero-order valence-electron chi connectivity index (χ0n) is 17.7. The Hall–Kier alpha value is -3.59. The van der Waals surface area contributed by atoms with E-state index in [1.807, 2.05) is 32.0 Å². The van der Waals surface area contributed by atoms with Crippen molar-refractivity contribution in [2.45, 2.75) is 20.0 Å². The molecule has 3 rings (SSSR count). The summed E-state index contributed by atoms with van der Waals surface area (Å²) < 4.78 is 49.7. The van der Waals surface area contributed by atoms with E-state index in [1.54, 1.807) is 12.3 Å². The number of hydrogen-bond donors (Lipinski definition) is 0. The molecule has 0 saturated carbocycles. The lowest BCUT2D eigenvalue weighted by Gasteiger charge is -2.14. The molecule has 0 aliphatic rings. The number of halogens is 4. The molecule has 0 spiro atoms. The normalized spacial score (nSPS) is 11.6. The van der Waals surface area contributed by atoms with E-state index in [-0.39, 0.29) is 16.5 Å². The van der Waals surface area contributed by atoms with Crippen LogP contribution in [-0.2, 0) is 6.18 Å². The van der Waals surface area contributed by atoms with Crippen LogP contribution >= 0.6 is 11.6 Å². The van der Waals surface area contributed by atoms with Gasteiger partial charge in [0, 0.05) is 12.3 Å². The van der Waals surface area contributed by atoms with Crippen LogP contribution in [0.15, 0.2) is 53.5 Å². The zero-order chi connectivity index (χ0) is 24.3. The summed E-state index contributed by atoms with van der Waals surface area (Å²) in [5.74, 6) is -0.366. The van der Waals surface area contributed by atoms with Crippen molar-refractivity contribution in [3.05, 3.63) is 85.9 Å². The number of ether oxygens (including phenoxy) is 2. The highest BCUT2D eigenvalue weighted by Gasteiger charge is 2.33. The molecule has 0 aliphatic heterocycles. The van der Waals surface area contributed by atoms with Gasteiger partial charge in [-0.25, -0.2) is 0 Å². The Labute approximate surface area is 192 Å².